The van der Waals surface area contributed by atoms with E-state index in [1.54, 1.807) is 0 Å². The quantitative estimate of drug-likeness (QED) is 0.157. The van der Waals surface area contributed by atoms with Crippen molar-refractivity contribution in [2.45, 2.75) is 67.0 Å². The first-order valence-electron chi connectivity index (χ1n) is 11.4. The van der Waals surface area contributed by atoms with Crippen LogP contribution in [0.2, 0.25) is 0 Å². The van der Waals surface area contributed by atoms with Crippen molar-refractivity contribution < 1.29 is 55.8 Å². The molecule has 0 spiro atoms. The highest BCUT2D eigenvalue weighted by atomic mass is 16.6. The van der Waals surface area contributed by atoms with E-state index in [-0.39, 0.29) is 12.2 Å². The SMILES string of the molecule is Nc1ncnc2c1ncn2[C@@H]1O[C@H](CO)[C@@H](O)[C@H]1O.OCC(CO)N[C@H]1C[C@](O)(CO)[C@@H](O)[C@H](O)[C@H]1O. The molecule has 210 valence electrons. The van der Waals surface area contributed by atoms with Gasteiger partial charge in [-0.2, -0.15) is 0 Å². The summed E-state index contributed by atoms with van der Waals surface area (Å²) < 4.78 is 6.85. The van der Waals surface area contributed by atoms with E-state index in [0.717, 1.165) is 0 Å². The van der Waals surface area contributed by atoms with Gasteiger partial charge in [-0.05, 0) is 6.42 Å². The van der Waals surface area contributed by atoms with Crippen LogP contribution in [-0.2, 0) is 4.74 Å². The Labute approximate surface area is 210 Å². The summed E-state index contributed by atoms with van der Waals surface area (Å²) in [4.78, 5) is 11.9. The number of aliphatic hydroxyl groups excluding tert-OH is 9. The topological polar surface area (TPSA) is 293 Å². The third-order valence-electron chi connectivity index (χ3n) is 6.55. The van der Waals surface area contributed by atoms with Crippen LogP contribution in [0.4, 0.5) is 5.82 Å². The van der Waals surface area contributed by atoms with E-state index in [1.165, 1.54) is 17.2 Å². The Balaban J connectivity index is 0.000000206. The second-order valence-electron chi connectivity index (χ2n) is 9.04. The molecule has 9 atom stereocenters. The highest BCUT2D eigenvalue weighted by molar-refractivity contribution is 5.81. The van der Waals surface area contributed by atoms with Crippen molar-refractivity contribution in [1.82, 2.24) is 24.8 Å². The molecule has 2 fully saturated rings. The molecule has 13 N–H and O–H groups in total. The van der Waals surface area contributed by atoms with Gasteiger partial charge in [0.1, 0.15) is 48.0 Å². The third-order valence-corrected chi connectivity index (χ3v) is 6.55. The smallest absolute Gasteiger partial charge is 0.167 e. The zero-order valence-corrected chi connectivity index (χ0v) is 19.6. The molecule has 1 saturated heterocycles. The van der Waals surface area contributed by atoms with Gasteiger partial charge in [0.25, 0.3) is 0 Å². The molecule has 0 radical (unpaired) electrons. The van der Waals surface area contributed by atoms with Crippen molar-refractivity contribution in [1.29, 1.82) is 0 Å². The van der Waals surface area contributed by atoms with Gasteiger partial charge in [0.2, 0.25) is 0 Å². The maximum absolute atomic E-state index is 9.95. The average Bonchev–Trinajstić information content (AvgIpc) is 3.46. The number of nitrogens with one attached hydrogen (secondary N) is 1. The first-order valence-corrected chi connectivity index (χ1v) is 11.4. The molecule has 37 heavy (non-hydrogen) atoms. The number of nitrogens with zero attached hydrogens (tertiary/aromatic N) is 4. The number of anilines is 1. The number of hydrogen-bond donors (Lipinski definition) is 12. The van der Waals surface area contributed by atoms with Crippen LogP contribution in [0.1, 0.15) is 12.6 Å². The Bertz CT molecular complexity index is 1010. The van der Waals surface area contributed by atoms with Crippen LogP contribution in [0, 0.1) is 0 Å². The largest absolute Gasteiger partial charge is 0.395 e. The molecule has 2 aromatic heterocycles. The zero-order valence-electron chi connectivity index (χ0n) is 19.6. The summed E-state index contributed by atoms with van der Waals surface area (Å²) in [5.41, 5.74) is 4.51. The Morgan fingerprint density at radius 2 is 1.68 bits per heavy atom. The van der Waals surface area contributed by atoms with Crippen molar-refractivity contribution in [3.8, 4) is 0 Å². The van der Waals surface area contributed by atoms with Gasteiger partial charge in [0, 0.05) is 6.04 Å². The fourth-order valence-electron chi connectivity index (χ4n) is 4.31. The van der Waals surface area contributed by atoms with Crippen LogP contribution in [0.5, 0.6) is 0 Å². The van der Waals surface area contributed by atoms with Gasteiger partial charge in [-0.3, -0.25) is 4.57 Å². The molecule has 0 unspecified atom stereocenters. The fraction of sp³-hybridized carbons (Fsp3) is 0.750. The van der Waals surface area contributed by atoms with Crippen LogP contribution < -0.4 is 11.1 Å². The minimum Gasteiger partial charge on any atom is -0.395 e. The van der Waals surface area contributed by atoms with Crippen LogP contribution in [-0.4, -0.2) is 151 Å². The number of imidazole rings is 1. The van der Waals surface area contributed by atoms with E-state index in [0.29, 0.717) is 11.2 Å². The number of nitrogen functional groups attached to an aromatic ring is 1. The second kappa shape index (κ2) is 12.2. The molecular weight excluding hydrogens is 500 g/mol. The summed E-state index contributed by atoms with van der Waals surface area (Å²) >= 11 is 0. The van der Waals surface area contributed by atoms with Crippen LogP contribution in [0.25, 0.3) is 11.2 Å². The van der Waals surface area contributed by atoms with E-state index < -0.39 is 87.0 Å². The molecule has 2 aliphatic rings. The number of aliphatic hydroxyl groups is 10. The molecule has 0 amide bonds. The monoisotopic (exact) mass is 534 g/mol. The Kier molecular flexibility index (Phi) is 9.67. The van der Waals surface area contributed by atoms with E-state index in [1.807, 2.05) is 0 Å². The van der Waals surface area contributed by atoms with Crippen molar-refractivity contribution >= 4 is 17.0 Å². The molecular formula is C20H34N6O11. The molecule has 17 nitrogen and oxygen atoms in total. The molecule has 0 aromatic carbocycles. The predicted molar refractivity (Wildman–Crippen MR) is 122 cm³/mol. The number of ether oxygens (including phenoxy) is 1. The summed E-state index contributed by atoms with van der Waals surface area (Å²) in [7, 11) is 0. The molecule has 0 bridgehead atoms. The van der Waals surface area contributed by atoms with Crippen molar-refractivity contribution in [2.24, 2.45) is 0 Å². The first kappa shape index (κ1) is 29.4. The Morgan fingerprint density at radius 3 is 2.24 bits per heavy atom. The fourth-order valence-corrected chi connectivity index (χ4v) is 4.31. The number of aromatic nitrogens is 4. The van der Waals surface area contributed by atoms with Gasteiger partial charge < -0.3 is 66.9 Å². The van der Waals surface area contributed by atoms with Crippen molar-refractivity contribution in [3.63, 3.8) is 0 Å². The average molecular weight is 535 g/mol. The summed E-state index contributed by atoms with van der Waals surface area (Å²) in [5, 5.41) is 97.2. The molecule has 1 aliphatic heterocycles. The summed E-state index contributed by atoms with van der Waals surface area (Å²) in [6.45, 7) is -1.95. The van der Waals surface area contributed by atoms with E-state index in [4.69, 9.17) is 30.9 Å². The van der Waals surface area contributed by atoms with Gasteiger partial charge in [-0.1, -0.05) is 0 Å². The number of hydrogen-bond acceptors (Lipinski definition) is 16. The van der Waals surface area contributed by atoms with Gasteiger partial charge in [0.05, 0.1) is 44.9 Å². The third kappa shape index (κ3) is 5.82. The maximum atomic E-state index is 9.95. The van der Waals surface area contributed by atoms with E-state index in [9.17, 15) is 30.6 Å². The lowest BCUT2D eigenvalue weighted by molar-refractivity contribution is -0.207. The Morgan fingerprint density at radius 1 is 1.00 bits per heavy atom. The zero-order chi connectivity index (χ0) is 27.5. The molecule has 4 rings (SSSR count). The molecule has 1 aliphatic carbocycles. The van der Waals surface area contributed by atoms with Crippen molar-refractivity contribution in [3.05, 3.63) is 12.7 Å². The van der Waals surface area contributed by atoms with Gasteiger partial charge in [-0.25, -0.2) is 15.0 Å². The summed E-state index contributed by atoms with van der Waals surface area (Å²) in [6.07, 6.45) is -6.33. The molecule has 3 heterocycles. The Hall–Kier alpha value is -2.13. The lowest BCUT2D eigenvalue weighted by Crippen LogP contribution is -2.68. The van der Waals surface area contributed by atoms with Gasteiger partial charge >= 0.3 is 0 Å². The van der Waals surface area contributed by atoms with Crippen LogP contribution in [0.15, 0.2) is 12.7 Å². The standard InChI is InChI=1S/C10H13N5O4.C10H21NO7/c11-8-5-9(13-2-12-8)15(3-14-5)10-7(18)6(17)4(1-16)19-10;12-2-5(3-13)11-6-1-10(18,4-14)9(17)8(16)7(6)15/h2-4,6-7,10,16-18H,1H2,(H2,11,12,13);5-9,11-18H,1-4H2/t4-,6-,7-,10-;6-,7-,8+,9-,10-/m10/s1. The summed E-state index contributed by atoms with van der Waals surface area (Å²) in [5.74, 6) is 0.218. The predicted octanol–water partition coefficient (Wildman–Crippen LogP) is -6.47. The summed E-state index contributed by atoms with van der Waals surface area (Å²) in [6, 6.07) is -1.60. The van der Waals surface area contributed by atoms with E-state index in [2.05, 4.69) is 20.3 Å². The number of nitrogens with two attached hydrogens (primary N) is 1. The van der Waals surface area contributed by atoms with Gasteiger partial charge in [0.15, 0.2) is 17.7 Å². The molecule has 1 saturated carbocycles. The lowest BCUT2D eigenvalue weighted by atomic mass is 9.76. The lowest BCUT2D eigenvalue weighted by Gasteiger charge is -2.46. The maximum Gasteiger partial charge on any atom is 0.167 e. The highest BCUT2D eigenvalue weighted by Crippen LogP contribution is 2.32. The van der Waals surface area contributed by atoms with Crippen LogP contribution in [0.3, 0.4) is 0 Å². The molecule has 2 aromatic rings. The van der Waals surface area contributed by atoms with Crippen LogP contribution >= 0.6 is 0 Å². The first-order chi connectivity index (χ1) is 17.5. The highest BCUT2D eigenvalue weighted by Gasteiger charge is 2.51. The second-order valence-corrected chi connectivity index (χ2v) is 9.04. The molecule has 17 heteroatoms. The van der Waals surface area contributed by atoms with Crippen molar-refractivity contribution in [2.75, 3.05) is 32.2 Å². The normalized spacial score (nSPS) is 36.1. The van der Waals surface area contributed by atoms with Gasteiger partial charge in [-0.15, -0.1) is 0 Å². The van der Waals surface area contributed by atoms with E-state index >= 15 is 0 Å². The number of fused-ring (bicyclic) bond motifs is 1. The minimum absolute atomic E-state index is 0.218. The minimum atomic E-state index is -1.94. The number of rotatable bonds is 7.